The highest BCUT2D eigenvalue weighted by atomic mass is 19.1. The third-order valence-corrected chi connectivity index (χ3v) is 2.78. The summed E-state index contributed by atoms with van der Waals surface area (Å²) in [4.78, 5) is 4.00. The van der Waals surface area contributed by atoms with Crippen LogP contribution >= 0.6 is 0 Å². The van der Waals surface area contributed by atoms with Gasteiger partial charge in [0.2, 0.25) is 5.88 Å². The van der Waals surface area contributed by atoms with Gasteiger partial charge in [-0.2, -0.15) is 0 Å². The maximum absolute atomic E-state index is 13.6. The van der Waals surface area contributed by atoms with Crippen LogP contribution in [0, 0.1) is 5.82 Å². The van der Waals surface area contributed by atoms with E-state index < -0.39 is 11.9 Å². The molecule has 1 heterocycles. The molecule has 1 atom stereocenters. The fourth-order valence-electron chi connectivity index (χ4n) is 1.72. The summed E-state index contributed by atoms with van der Waals surface area (Å²) in [5.41, 5.74) is 0.996. The Labute approximate surface area is 110 Å². The Bertz CT molecular complexity index is 557. The number of hydrogen-bond acceptors (Lipinski definition) is 4. The molecule has 2 rings (SSSR count). The van der Waals surface area contributed by atoms with E-state index in [1.54, 1.807) is 18.2 Å². The number of aromatic nitrogens is 1. The summed E-state index contributed by atoms with van der Waals surface area (Å²) >= 11 is 0. The van der Waals surface area contributed by atoms with Gasteiger partial charge in [-0.3, -0.25) is 0 Å². The van der Waals surface area contributed by atoms with Gasteiger partial charge in [0.1, 0.15) is 6.10 Å². The third kappa shape index (κ3) is 2.82. The van der Waals surface area contributed by atoms with Crippen LogP contribution in [0.4, 0.5) is 4.39 Å². The molecule has 1 aromatic heterocycles. The van der Waals surface area contributed by atoms with Crippen LogP contribution in [-0.2, 0) is 0 Å². The summed E-state index contributed by atoms with van der Waals surface area (Å²) < 4.78 is 23.3. The predicted molar refractivity (Wildman–Crippen MR) is 67.8 cm³/mol. The second-order valence-corrected chi connectivity index (χ2v) is 3.93. The highest BCUT2D eigenvalue weighted by Crippen LogP contribution is 2.26. The van der Waals surface area contributed by atoms with Crippen LogP contribution in [0.2, 0.25) is 0 Å². The number of hydrogen-bond donors (Lipinski definition) is 1. The number of benzene rings is 1. The molecule has 1 aromatic carbocycles. The SMILES string of the molecule is COc1ccc(C(O)c2ccc(OC)c(F)c2)cn1. The average molecular weight is 263 g/mol. The molecule has 0 aliphatic carbocycles. The fraction of sp³-hybridized carbons (Fsp3) is 0.214. The first-order valence-corrected chi connectivity index (χ1v) is 5.67. The van der Waals surface area contributed by atoms with Crippen LogP contribution in [0.25, 0.3) is 0 Å². The van der Waals surface area contributed by atoms with Crippen molar-refractivity contribution in [3.8, 4) is 11.6 Å². The van der Waals surface area contributed by atoms with Crippen LogP contribution in [0.15, 0.2) is 36.5 Å². The highest BCUT2D eigenvalue weighted by Gasteiger charge is 2.13. The molecule has 1 unspecified atom stereocenters. The molecule has 0 fully saturated rings. The maximum atomic E-state index is 13.6. The van der Waals surface area contributed by atoms with E-state index in [9.17, 15) is 9.50 Å². The number of pyridine rings is 1. The van der Waals surface area contributed by atoms with E-state index in [1.807, 2.05) is 0 Å². The molecule has 0 spiro atoms. The number of nitrogens with zero attached hydrogens (tertiary/aromatic N) is 1. The van der Waals surface area contributed by atoms with Crippen molar-refractivity contribution in [1.82, 2.24) is 4.98 Å². The van der Waals surface area contributed by atoms with E-state index in [4.69, 9.17) is 9.47 Å². The Balaban J connectivity index is 2.27. The lowest BCUT2D eigenvalue weighted by Crippen LogP contribution is -2.02. The van der Waals surface area contributed by atoms with E-state index >= 15 is 0 Å². The van der Waals surface area contributed by atoms with Crippen LogP contribution < -0.4 is 9.47 Å². The van der Waals surface area contributed by atoms with Gasteiger partial charge in [-0.05, 0) is 23.8 Å². The van der Waals surface area contributed by atoms with Crippen molar-refractivity contribution < 1.29 is 19.0 Å². The van der Waals surface area contributed by atoms with Gasteiger partial charge in [0.25, 0.3) is 0 Å². The molecule has 0 saturated carbocycles. The number of aliphatic hydroxyl groups excluding tert-OH is 1. The minimum Gasteiger partial charge on any atom is -0.494 e. The molecule has 4 nitrogen and oxygen atoms in total. The van der Waals surface area contributed by atoms with Crippen LogP contribution in [0.5, 0.6) is 11.6 Å². The van der Waals surface area contributed by atoms with Crippen molar-refractivity contribution in [2.24, 2.45) is 0 Å². The Morgan fingerprint density at radius 2 is 1.84 bits per heavy atom. The summed E-state index contributed by atoms with van der Waals surface area (Å²) in [6.45, 7) is 0. The lowest BCUT2D eigenvalue weighted by molar-refractivity contribution is 0.219. The molecule has 2 aromatic rings. The number of aliphatic hydroxyl groups is 1. The summed E-state index contributed by atoms with van der Waals surface area (Å²) in [6.07, 6.45) is 0.546. The molecule has 1 N–H and O–H groups in total. The smallest absolute Gasteiger partial charge is 0.212 e. The monoisotopic (exact) mass is 263 g/mol. The molecular formula is C14H14FNO3. The summed E-state index contributed by atoms with van der Waals surface area (Å²) in [5.74, 6) is 0.0844. The maximum Gasteiger partial charge on any atom is 0.212 e. The quantitative estimate of drug-likeness (QED) is 0.919. The van der Waals surface area contributed by atoms with E-state index in [-0.39, 0.29) is 5.75 Å². The molecule has 0 bridgehead atoms. The Morgan fingerprint density at radius 1 is 1.11 bits per heavy atom. The molecule has 5 heteroatoms. The normalized spacial score (nSPS) is 12.0. The zero-order valence-electron chi connectivity index (χ0n) is 10.6. The Kier molecular flexibility index (Phi) is 3.97. The van der Waals surface area contributed by atoms with E-state index in [0.29, 0.717) is 17.0 Å². The van der Waals surface area contributed by atoms with Gasteiger partial charge in [0.15, 0.2) is 11.6 Å². The predicted octanol–water partition coefficient (Wildman–Crippen LogP) is 2.32. The van der Waals surface area contributed by atoms with Crippen molar-refractivity contribution in [2.45, 2.75) is 6.10 Å². The van der Waals surface area contributed by atoms with E-state index in [1.165, 1.54) is 32.5 Å². The number of methoxy groups -OCH3 is 2. The Morgan fingerprint density at radius 3 is 2.37 bits per heavy atom. The van der Waals surface area contributed by atoms with Crippen LogP contribution in [0.3, 0.4) is 0 Å². The van der Waals surface area contributed by atoms with E-state index in [0.717, 1.165) is 0 Å². The van der Waals surface area contributed by atoms with Gasteiger partial charge in [-0.25, -0.2) is 9.37 Å². The largest absolute Gasteiger partial charge is 0.494 e. The molecule has 19 heavy (non-hydrogen) atoms. The molecule has 0 aliphatic rings. The first kappa shape index (κ1) is 13.3. The summed E-state index contributed by atoms with van der Waals surface area (Å²) in [6, 6.07) is 7.65. The average Bonchev–Trinajstić information content (AvgIpc) is 2.46. The van der Waals surface area contributed by atoms with Gasteiger partial charge in [0.05, 0.1) is 14.2 Å². The minimum absolute atomic E-state index is 0.142. The fourth-order valence-corrected chi connectivity index (χ4v) is 1.72. The second kappa shape index (κ2) is 5.67. The lowest BCUT2D eigenvalue weighted by Gasteiger charge is -2.12. The van der Waals surface area contributed by atoms with Gasteiger partial charge in [-0.15, -0.1) is 0 Å². The number of rotatable bonds is 4. The second-order valence-electron chi connectivity index (χ2n) is 3.93. The molecule has 0 radical (unpaired) electrons. The molecule has 0 aliphatic heterocycles. The Hall–Kier alpha value is -2.14. The highest BCUT2D eigenvalue weighted by molar-refractivity contribution is 5.35. The van der Waals surface area contributed by atoms with Crippen molar-refractivity contribution in [3.63, 3.8) is 0 Å². The van der Waals surface area contributed by atoms with Gasteiger partial charge < -0.3 is 14.6 Å². The number of halogens is 1. The zero-order valence-corrected chi connectivity index (χ0v) is 10.6. The molecule has 100 valence electrons. The van der Waals surface area contributed by atoms with Crippen molar-refractivity contribution in [3.05, 3.63) is 53.5 Å². The van der Waals surface area contributed by atoms with Crippen LogP contribution in [0.1, 0.15) is 17.2 Å². The number of ether oxygens (including phenoxy) is 2. The van der Waals surface area contributed by atoms with Gasteiger partial charge in [0, 0.05) is 17.8 Å². The zero-order chi connectivity index (χ0) is 13.8. The molecule has 0 amide bonds. The first-order chi connectivity index (χ1) is 9.15. The standard InChI is InChI=1S/C14H14FNO3/c1-18-12-5-3-9(7-11(12)15)14(17)10-4-6-13(19-2)16-8-10/h3-8,14,17H,1-2H3. The topological polar surface area (TPSA) is 51.6 Å². The molecule has 0 saturated heterocycles. The summed E-state index contributed by atoms with van der Waals surface area (Å²) in [5, 5.41) is 10.2. The van der Waals surface area contributed by atoms with Gasteiger partial charge in [-0.1, -0.05) is 6.07 Å². The van der Waals surface area contributed by atoms with Crippen molar-refractivity contribution in [2.75, 3.05) is 14.2 Å². The minimum atomic E-state index is -0.946. The lowest BCUT2D eigenvalue weighted by atomic mass is 10.0. The third-order valence-electron chi connectivity index (χ3n) is 2.78. The first-order valence-electron chi connectivity index (χ1n) is 5.67. The summed E-state index contributed by atoms with van der Waals surface area (Å²) in [7, 11) is 2.90. The van der Waals surface area contributed by atoms with Crippen LogP contribution in [-0.4, -0.2) is 24.3 Å². The van der Waals surface area contributed by atoms with Crippen molar-refractivity contribution >= 4 is 0 Å². The molecular weight excluding hydrogens is 249 g/mol. The van der Waals surface area contributed by atoms with E-state index in [2.05, 4.69) is 4.98 Å². The van der Waals surface area contributed by atoms with Crippen molar-refractivity contribution in [1.29, 1.82) is 0 Å². The van der Waals surface area contributed by atoms with Gasteiger partial charge >= 0.3 is 0 Å².